The Hall–Kier alpha value is -1.88. The van der Waals surface area contributed by atoms with E-state index in [9.17, 15) is 9.59 Å². The number of carboxylic acids is 1. The Kier molecular flexibility index (Phi) is 4.96. The van der Waals surface area contributed by atoms with Crippen molar-refractivity contribution in [2.24, 2.45) is 5.92 Å². The largest absolute Gasteiger partial charge is 0.481 e. The molecule has 1 aliphatic heterocycles. The van der Waals surface area contributed by atoms with Gasteiger partial charge in [0.1, 0.15) is 0 Å². The average Bonchev–Trinajstić information content (AvgIpc) is 2.87. The molecule has 0 aromatic heterocycles. The number of amides is 1. The van der Waals surface area contributed by atoms with Gasteiger partial charge in [0, 0.05) is 18.8 Å². The number of carbonyl (C=O) groups is 2. The minimum absolute atomic E-state index is 0.0319. The molecular formula is C16H22N2O3. The van der Waals surface area contributed by atoms with Gasteiger partial charge in [-0.15, -0.1) is 0 Å². The lowest BCUT2D eigenvalue weighted by molar-refractivity contribution is -0.136. The van der Waals surface area contributed by atoms with E-state index in [0.29, 0.717) is 0 Å². The number of hydrogen-bond donors (Lipinski definition) is 1. The van der Waals surface area contributed by atoms with E-state index >= 15 is 0 Å². The third-order valence-electron chi connectivity index (χ3n) is 3.90. The van der Waals surface area contributed by atoms with E-state index in [-0.39, 0.29) is 24.8 Å². The molecule has 21 heavy (non-hydrogen) atoms. The van der Waals surface area contributed by atoms with Crippen LogP contribution in [0.15, 0.2) is 24.3 Å². The molecule has 0 spiro atoms. The number of benzene rings is 1. The van der Waals surface area contributed by atoms with Gasteiger partial charge in [-0.25, -0.2) is 0 Å². The molecule has 1 fully saturated rings. The van der Waals surface area contributed by atoms with Crippen molar-refractivity contribution in [3.8, 4) is 0 Å². The van der Waals surface area contributed by atoms with E-state index in [4.69, 9.17) is 5.11 Å². The third-order valence-corrected chi connectivity index (χ3v) is 3.90. The van der Waals surface area contributed by atoms with E-state index in [1.807, 2.05) is 38.2 Å². The molecule has 1 aliphatic rings. The van der Waals surface area contributed by atoms with Gasteiger partial charge in [0.15, 0.2) is 0 Å². The number of likely N-dealkylation sites (tertiary alicyclic amines) is 1. The first-order valence-corrected chi connectivity index (χ1v) is 7.26. The van der Waals surface area contributed by atoms with Gasteiger partial charge in [-0.3, -0.25) is 9.59 Å². The highest BCUT2D eigenvalue weighted by Gasteiger charge is 2.30. The average molecular weight is 290 g/mol. The van der Waals surface area contributed by atoms with Crippen molar-refractivity contribution in [2.45, 2.75) is 19.8 Å². The number of carbonyl (C=O) groups excluding carboxylic acids is 1. The van der Waals surface area contributed by atoms with Crippen molar-refractivity contribution in [2.75, 3.05) is 31.6 Å². The zero-order chi connectivity index (χ0) is 15.4. The SMILES string of the molecule is Cc1ccc(N(CCC(=O)O)C(=O)C2CCN(C)C2)cc1. The summed E-state index contributed by atoms with van der Waals surface area (Å²) in [5.41, 5.74) is 1.89. The summed E-state index contributed by atoms with van der Waals surface area (Å²) >= 11 is 0. The molecule has 1 aromatic carbocycles. The first-order chi connectivity index (χ1) is 9.97. The Morgan fingerprint density at radius 3 is 2.52 bits per heavy atom. The fourth-order valence-electron chi connectivity index (χ4n) is 2.66. The Bertz CT molecular complexity index is 513. The molecule has 0 saturated carbocycles. The summed E-state index contributed by atoms with van der Waals surface area (Å²) in [5.74, 6) is -0.891. The second-order valence-corrected chi connectivity index (χ2v) is 5.72. The van der Waals surface area contributed by atoms with Crippen LogP contribution in [0.3, 0.4) is 0 Å². The molecule has 114 valence electrons. The molecule has 1 saturated heterocycles. The van der Waals surface area contributed by atoms with Gasteiger partial charge in [-0.05, 0) is 39.1 Å². The van der Waals surface area contributed by atoms with Crippen molar-refractivity contribution >= 4 is 17.6 Å². The number of aryl methyl sites for hydroxylation is 1. The van der Waals surface area contributed by atoms with E-state index in [1.54, 1.807) is 4.90 Å². The molecule has 5 heteroatoms. The highest BCUT2D eigenvalue weighted by molar-refractivity contribution is 5.95. The quantitative estimate of drug-likeness (QED) is 0.897. The van der Waals surface area contributed by atoms with E-state index in [2.05, 4.69) is 4.90 Å². The molecule has 0 bridgehead atoms. The minimum Gasteiger partial charge on any atom is -0.481 e. The predicted octanol–water partition coefficient (Wildman–Crippen LogP) is 1.75. The first-order valence-electron chi connectivity index (χ1n) is 7.26. The number of rotatable bonds is 5. The van der Waals surface area contributed by atoms with Gasteiger partial charge in [0.2, 0.25) is 5.91 Å². The zero-order valence-corrected chi connectivity index (χ0v) is 12.6. The van der Waals surface area contributed by atoms with E-state index < -0.39 is 5.97 Å². The van der Waals surface area contributed by atoms with Crippen molar-refractivity contribution < 1.29 is 14.7 Å². The molecule has 1 heterocycles. The van der Waals surface area contributed by atoms with Crippen molar-refractivity contribution in [3.05, 3.63) is 29.8 Å². The summed E-state index contributed by atoms with van der Waals surface area (Å²) in [6, 6.07) is 7.65. The van der Waals surface area contributed by atoms with Crippen LogP contribution in [0.25, 0.3) is 0 Å². The maximum atomic E-state index is 12.7. The molecule has 1 N–H and O–H groups in total. The van der Waals surface area contributed by atoms with Gasteiger partial charge in [0.25, 0.3) is 0 Å². The van der Waals surface area contributed by atoms with E-state index in [0.717, 1.165) is 30.8 Å². The smallest absolute Gasteiger partial charge is 0.305 e. The first kappa shape index (κ1) is 15.5. The van der Waals surface area contributed by atoms with Crippen LogP contribution in [0.1, 0.15) is 18.4 Å². The number of aliphatic carboxylic acids is 1. The monoisotopic (exact) mass is 290 g/mol. The molecule has 0 aliphatic carbocycles. The van der Waals surface area contributed by atoms with Crippen molar-refractivity contribution in [1.82, 2.24) is 4.90 Å². The maximum Gasteiger partial charge on any atom is 0.305 e. The van der Waals surface area contributed by atoms with Crippen LogP contribution >= 0.6 is 0 Å². The van der Waals surface area contributed by atoms with Crippen LogP contribution in [0.5, 0.6) is 0 Å². The van der Waals surface area contributed by atoms with Gasteiger partial charge in [0.05, 0.1) is 12.3 Å². The number of nitrogens with zero attached hydrogens (tertiary/aromatic N) is 2. The Labute approximate surface area is 125 Å². The lowest BCUT2D eigenvalue weighted by Gasteiger charge is -2.25. The highest BCUT2D eigenvalue weighted by Crippen LogP contribution is 2.23. The number of carboxylic acid groups (broad SMARTS) is 1. The Balaban J connectivity index is 2.16. The fourth-order valence-corrected chi connectivity index (χ4v) is 2.66. The lowest BCUT2D eigenvalue weighted by Crippen LogP contribution is -2.38. The zero-order valence-electron chi connectivity index (χ0n) is 12.6. The third kappa shape index (κ3) is 4.04. The second-order valence-electron chi connectivity index (χ2n) is 5.72. The summed E-state index contributed by atoms with van der Waals surface area (Å²) in [4.78, 5) is 27.3. The standard InChI is InChI=1S/C16H22N2O3/c1-12-3-5-14(6-4-12)18(10-8-15(19)20)16(21)13-7-9-17(2)11-13/h3-6,13H,7-11H2,1-2H3,(H,19,20). The lowest BCUT2D eigenvalue weighted by atomic mass is 10.1. The molecular weight excluding hydrogens is 268 g/mol. The molecule has 5 nitrogen and oxygen atoms in total. The molecule has 0 radical (unpaired) electrons. The summed E-state index contributed by atoms with van der Waals surface area (Å²) in [6.07, 6.45) is 0.799. The molecule has 1 unspecified atom stereocenters. The van der Waals surface area contributed by atoms with Crippen LogP contribution in [0, 0.1) is 12.8 Å². The number of hydrogen-bond acceptors (Lipinski definition) is 3. The molecule has 2 rings (SSSR count). The van der Waals surface area contributed by atoms with Crippen LogP contribution in [0.4, 0.5) is 5.69 Å². The predicted molar refractivity (Wildman–Crippen MR) is 81.4 cm³/mol. The summed E-state index contributed by atoms with van der Waals surface area (Å²) in [7, 11) is 2.00. The Morgan fingerprint density at radius 2 is 2.00 bits per heavy atom. The van der Waals surface area contributed by atoms with Crippen molar-refractivity contribution in [3.63, 3.8) is 0 Å². The number of anilines is 1. The van der Waals surface area contributed by atoms with Crippen LogP contribution < -0.4 is 4.90 Å². The normalized spacial score (nSPS) is 18.7. The highest BCUT2D eigenvalue weighted by atomic mass is 16.4. The molecule has 1 amide bonds. The van der Waals surface area contributed by atoms with Crippen LogP contribution in [0.2, 0.25) is 0 Å². The van der Waals surface area contributed by atoms with Crippen LogP contribution in [-0.4, -0.2) is 48.6 Å². The summed E-state index contributed by atoms with van der Waals surface area (Å²) in [5, 5.41) is 8.90. The molecule has 1 aromatic rings. The topological polar surface area (TPSA) is 60.9 Å². The van der Waals surface area contributed by atoms with E-state index in [1.165, 1.54) is 0 Å². The van der Waals surface area contributed by atoms with Crippen LogP contribution in [-0.2, 0) is 9.59 Å². The van der Waals surface area contributed by atoms with Gasteiger partial charge < -0.3 is 14.9 Å². The summed E-state index contributed by atoms with van der Waals surface area (Å²) < 4.78 is 0. The Morgan fingerprint density at radius 1 is 1.33 bits per heavy atom. The molecule has 1 atom stereocenters. The second kappa shape index (κ2) is 6.72. The minimum atomic E-state index is -0.886. The summed E-state index contributed by atoms with van der Waals surface area (Å²) in [6.45, 7) is 3.86. The maximum absolute atomic E-state index is 12.7. The van der Waals surface area contributed by atoms with Gasteiger partial charge >= 0.3 is 5.97 Å². The fraction of sp³-hybridized carbons (Fsp3) is 0.500. The van der Waals surface area contributed by atoms with Gasteiger partial charge in [-0.1, -0.05) is 17.7 Å². The van der Waals surface area contributed by atoms with Gasteiger partial charge in [-0.2, -0.15) is 0 Å². The van der Waals surface area contributed by atoms with Crippen molar-refractivity contribution in [1.29, 1.82) is 0 Å².